The van der Waals surface area contributed by atoms with Crippen molar-refractivity contribution in [3.63, 3.8) is 0 Å². The van der Waals surface area contributed by atoms with Crippen LogP contribution in [0.1, 0.15) is 46.9 Å². The zero-order chi connectivity index (χ0) is 24.2. The van der Waals surface area contributed by atoms with Gasteiger partial charge < -0.3 is 11.1 Å². The quantitative estimate of drug-likeness (QED) is 0.700. The molecule has 0 radical (unpaired) electrons. The maximum atomic E-state index is 15.0. The molecular weight excluding hydrogens is 452 g/mol. The van der Waals surface area contributed by atoms with Crippen LogP contribution < -0.4 is 11.1 Å². The molecule has 1 aromatic carbocycles. The first-order valence-electron chi connectivity index (χ1n) is 10.1. The first-order valence-corrected chi connectivity index (χ1v) is 11.7. The molecule has 0 spiro atoms. The summed E-state index contributed by atoms with van der Waals surface area (Å²) in [7, 11) is -4.07. The average molecular weight is 474 g/mol. The molecule has 11 heteroatoms. The summed E-state index contributed by atoms with van der Waals surface area (Å²) in [6, 6.07) is 7.18. The zero-order valence-electron chi connectivity index (χ0n) is 17.9. The van der Waals surface area contributed by atoms with Crippen molar-refractivity contribution in [3.05, 3.63) is 58.7 Å². The maximum absolute atomic E-state index is 15.0. The molecule has 0 unspecified atom stereocenters. The van der Waals surface area contributed by atoms with Crippen LogP contribution in [0.25, 0.3) is 0 Å². The summed E-state index contributed by atoms with van der Waals surface area (Å²) in [5.41, 5.74) is 5.33. The second-order valence-electron chi connectivity index (χ2n) is 8.49. The number of nitrogens with two attached hydrogens (primary N) is 1. The first-order chi connectivity index (χ1) is 15.5. The molecule has 33 heavy (non-hydrogen) atoms. The van der Waals surface area contributed by atoms with Crippen LogP contribution in [0.15, 0.2) is 35.5 Å². The summed E-state index contributed by atoms with van der Waals surface area (Å²) >= 11 is 0. The highest BCUT2D eigenvalue weighted by Gasteiger charge is 2.65. The molecule has 0 aliphatic carbocycles. The Hall–Kier alpha value is -3.39. The Bertz CT molecular complexity index is 1350. The van der Waals surface area contributed by atoms with Crippen LogP contribution in [0.5, 0.6) is 0 Å². The predicted octanol–water partition coefficient (Wildman–Crippen LogP) is 2.52. The van der Waals surface area contributed by atoms with Gasteiger partial charge in [0, 0.05) is 17.4 Å². The minimum Gasteiger partial charge on any atom is -0.386 e. The number of amidine groups is 1. The van der Waals surface area contributed by atoms with Gasteiger partial charge in [0.25, 0.3) is 5.91 Å². The average Bonchev–Trinajstić information content (AvgIpc) is 2.98. The van der Waals surface area contributed by atoms with Crippen molar-refractivity contribution in [2.24, 2.45) is 10.7 Å². The number of sulfone groups is 1. The van der Waals surface area contributed by atoms with Crippen LogP contribution in [0.2, 0.25) is 0 Å². The Labute approximate surface area is 189 Å². The number of halogens is 2. The van der Waals surface area contributed by atoms with Crippen molar-refractivity contribution >= 4 is 27.3 Å². The summed E-state index contributed by atoms with van der Waals surface area (Å²) < 4.78 is 53.2. The van der Waals surface area contributed by atoms with Crippen LogP contribution in [0.3, 0.4) is 0 Å². The Morgan fingerprint density at radius 2 is 2.12 bits per heavy atom. The standard InChI is InChI=1S/C22H21F2N5O3S/c1-12-7-13(9-25)10-27-18(12)19(30)28-14-3-4-16(24)15(8-14)21(2)17-5-6-22(11-23,20(26)29-21)33(17,31)32/h3-4,7-8,10,17H,5-6,11H2,1-2H3,(H2,26,29)(H,28,30)/t17-,21+,22-/m0/s1. The third-order valence-electron chi connectivity index (χ3n) is 6.58. The topological polar surface area (TPSA) is 138 Å². The predicted molar refractivity (Wildman–Crippen MR) is 118 cm³/mol. The molecule has 3 atom stereocenters. The van der Waals surface area contributed by atoms with Crippen LogP contribution in [0.4, 0.5) is 14.5 Å². The number of nitrogens with one attached hydrogen (secondary N) is 1. The molecule has 1 saturated heterocycles. The number of carbonyl (C=O) groups is 1. The van der Waals surface area contributed by atoms with Crippen molar-refractivity contribution in [2.75, 3.05) is 12.0 Å². The van der Waals surface area contributed by atoms with Gasteiger partial charge in [0.15, 0.2) is 14.6 Å². The van der Waals surface area contributed by atoms with Gasteiger partial charge in [0.2, 0.25) is 0 Å². The molecule has 2 aliphatic heterocycles. The van der Waals surface area contributed by atoms with Crippen molar-refractivity contribution in [3.8, 4) is 6.07 Å². The summed E-state index contributed by atoms with van der Waals surface area (Å²) in [4.78, 5) is 21.0. The zero-order valence-corrected chi connectivity index (χ0v) is 18.7. The summed E-state index contributed by atoms with van der Waals surface area (Å²) in [6.07, 6.45) is 1.32. The van der Waals surface area contributed by atoms with E-state index in [4.69, 9.17) is 11.0 Å². The SMILES string of the molecule is Cc1cc(C#N)cnc1C(=O)Nc1ccc(F)c([C@@]2(C)N=C(N)[C@@]3(CF)CC[C@@H]2S3(=O)=O)c1. The van der Waals surface area contributed by atoms with E-state index in [1.807, 2.05) is 6.07 Å². The lowest BCUT2D eigenvalue weighted by Gasteiger charge is -2.39. The number of hydrogen-bond acceptors (Lipinski definition) is 7. The molecule has 4 rings (SSSR count). The van der Waals surface area contributed by atoms with E-state index in [2.05, 4.69) is 15.3 Å². The van der Waals surface area contributed by atoms with Gasteiger partial charge in [0.05, 0.1) is 10.8 Å². The number of aliphatic imine (C=N–C) groups is 1. The monoisotopic (exact) mass is 473 g/mol. The summed E-state index contributed by atoms with van der Waals surface area (Å²) in [6.45, 7) is 1.89. The van der Waals surface area contributed by atoms with Gasteiger partial charge in [-0.3, -0.25) is 9.79 Å². The number of amides is 1. The Kier molecular flexibility index (Phi) is 5.24. The van der Waals surface area contributed by atoms with Crippen LogP contribution in [-0.2, 0) is 15.4 Å². The fraction of sp³-hybridized carbons (Fsp3) is 0.364. The number of rotatable bonds is 4. The number of alkyl halides is 1. The van der Waals surface area contributed by atoms with Gasteiger partial charge >= 0.3 is 0 Å². The van der Waals surface area contributed by atoms with Crippen LogP contribution in [0, 0.1) is 24.1 Å². The number of nitrogens with zero attached hydrogens (tertiary/aromatic N) is 3. The molecule has 2 aliphatic rings. The van der Waals surface area contributed by atoms with Gasteiger partial charge in [-0.05, 0) is 56.5 Å². The van der Waals surface area contributed by atoms with E-state index in [1.165, 1.54) is 31.3 Å². The number of pyridine rings is 1. The van der Waals surface area contributed by atoms with Crippen LogP contribution in [-0.4, -0.2) is 41.8 Å². The molecule has 172 valence electrons. The molecule has 1 amide bonds. The van der Waals surface area contributed by atoms with Crippen molar-refractivity contribution in [2.45, 2.75) is 42.2 Å². The van der Waals surface area contributed by atoms with E-state index in [1.54, 1.807) is 6.92 Å². The van der Waals surface area contributed by atoms with Crippen molar-refractivity contribution in [1.29, 1.82) is 5.26 Å². The highest BCUT2D eigenvalue weighted by atomic mass is 32.2. The fourth-order valence-corrected chi connectivity index (χ4v) is 7.36. The smallest absolute Gasteiger partial charge is 0.274 e. The fourth-order valence-electron chi connectivity index (χ4n) is 4.71. The first kappa shape index (κ1) is 22.8. The second kappa shape index (κ2) is 7.59. The van der Waals surface area contributed by atoms with E-state index in [0.717, 1.165) is 6.07 Å². The molecule has 2 bridgehead atoms. The molecule has 3 heterocycles. The molecule has 0 saturated carbocycles. The van der Waals surface area contributed by atoms with E-state index in [-0.39, 0.29) is 35.6 Å². The third kappa shape index (κ3) is 3.20. The largest absolute Gasteiger partial charge is 0.386 e. The molecule has 3 N–H and O–H groups in total. The van der Waals surface area contributed by atoms with E-state index in [9.17, 15) is 22.0 Å². The highest BCUT2D eigenvalue weighted by Crippen LogP contribution is 2.52. The lowest BCUT2D eigenvalue weighted by molar-refractivity contribution is 0.102. The Morgan fingerprint density at radius 1 is 1.39 bits per heavy atom. The van der Waals surface area contributed by atoms with Gasteiger partial charge in [-0.15, -0.1) is 0 Å². The minimum absolute atomic E-state index is 0.0247. The van der Waals surface area contributed by atoms with Gasteiger partial charge in [-0.2, -0.15) is 5.26 Å². The summed E-state index contributed by atoms with van der Waals surface area (Å²) in [5.74, 6) is -1.68. The maximum Gasteiger partial charge on any atom is 0.274 e. The van der Waals surface area contributed by atoms with Crippen molar-refractivity contribution in [1.82, 2.24) is 4.98 Å². The minimum atomic E-state index is -4.07. The molecule has 8 nitrogen and oxygen atoms in total. The number of aromatic nitrogens is 1. The molecule has 2 aromatic rings. The highest BCUT2D eigenvalue weighted by molar-refractivity contribution is 7.94. The van der Waals surface area contributed by atoms with Gasteiger partial charge in [-0.25, -0.2) is 22.2 Å². The normalized spacial score (nSPS) is 27.5. The number of benzene rings is 1. The molecular formula is C22H21F2N5O3S. The van der Waals surface area contributed by atoms with E-state index >= 15 is 0 Å². The van der Waals surface area contributed by atoms with E-state index in [0.29, 0.717) is 11.1 Å². The number of hydrogen-bond donors (Lipinski definition) is 2. The van der Waals surface area contributed by atoms with E-state index < -0.39 is 43.8 Å². The number of anilines is 1. The number of carbonyl (C=O) groups excluding carboxylic acids is 1. The van der Waals surface area contributed by atoms with Crippen LogP contribution >= 0.6 is 0 Å². The number of fused-ring (bicyclic) bond motifs is 2. The molecule has 1 fully saturated rings. The Morgan fingerprint density at radius 3 is 2.76 bits per heavy atom. The third-order valence-corrected chi connectivity index (χ3v) is 9.64. The molecule has 1 aromatic heterocycles. The lowest BCUT2D eigenvalue weighted by Crippen LogP contribution is -2.58. The summed E-state index contributed by atoms with van der Waals surface area (Å²) in [5, 5.41) is 10.4. The number of nitriles is 1. The number of aryl methyl sites for hydroxylation is 1. The van der Waals surface area contributed by atoms with Gasteiger partial charge in [-0.1, -0.05) is 0 Å². The second-order valence-corrected chi connectivity index (χ2v) is 10.9. The Balaban J connectivity index is 1.74. The van der Waals surface area contributed by atoms with Crippen molar-refractivity contribution < 1.29 is 22.0 Å². The van der Waals surface area contributed by atoms with Gasteiger partial charge in [0.1, 0.15) is 35.6 Å². The lowest BCUT2D eigenvalue weighted by atomic mass is 9.86.